The van der Waals surface area contributed by atoms with E-state index in [1.54, 1.807) is 0 Å². The number of amides is 1. The van der Waals surface area contributed by atoms with Crippen LogP contribution in [0.3, 0.4) is 0 Å². The van der Waals surface area contributed by atoms with E-state index in [2.05, 4.69) is 20.5 Å². The zero-order chi connectivity index (χ0) is 13.0. The average Bonchev–Trinajstić information content (AvgIpc) is 2.84. The summed E-state index contributed by atoms with van der Waals surface area (Å²) in [5.74, 6) is -0.191. The number of aryl methyl sites for hydroxylation is 1. The van der Waals surface area contributed by atoms with Crippen LogP contribution in [0.4, 0.5) is 4.39 Å². The Morgan fingerprint density at radius 1 is 1.39 bits per heavy atom. The molecule has 0 spiro atoms. The summed E-state index contributed by atoms with van der Waals surface area (Å²) in [5, 5.41) is 10.0. The second-order valence-electron chi connectivity index (χ2n) is 3.52. The van der Waals surface area contributed by atoms with Crippen LogP contribution in [0.25, 0.3) is 0 Å². The van der Waals surface area contributed by atoms with Crippen molar-refractivity contribution in [2.45, 2.75) is 19.9 Å². The quantitative estimate of drug-likeness (QED) is 0.878. The molecule has 2 aromatic heterocycles. The number of nitrogens with one attached hydrogen (secondary N) is 1. The van der Waals surface area contributed by atoms with E-state index in [4.69, 9.17) is 4.42 Å². The Labute approximate surface area is 102 Å². The summed E-state index contributed by atoms with van der Waals surface area (Å²) in [6.07, 6.45) is 2.95. The van der Waals surface area contributed by atoms with Gasteiger partial charge in [-0.25, -0.2) is 4.39 Å². The molecule has 0 aliphatic rings. The molecule has 6 nitrogen and oxygen atoms in total. The monoisotopic (exact) mass is 250 g/mol. The predicted octanol–water partition coefficient (Wildman–Crippen LogP) is 1.10. The van der Waals surface area contributed by atoms with E-state index in [-0.39, 0.29) is 12.1 Å². The molecule has 2 heterocycles. The third kappa shape index (κ3) is 2.88. The molecule has 18 heavy (non-hydrogen) atoms. The van der Waals surface area contributed by atoms with E-state index < -0.39 is 11.7 Å². The molecule has 0 aliphatic carbocycles. The largest absolute Gasteiger partial charge is 0.423 e. The van der Waals surface area contributed by atoms with Gasteiger partial charge in [0.1, 0.15) is 5.82 Å². The normalized spacial score (nSPS) is 10.3. The van der Waals surface area contributed by atoms with Crippen molar-refractivity contribution < 1.29 is 13.6 Å². The van der Waals surface area contributed by atoms with Crippen molar-refractivity contribution in [2.75, 3.05) is 0 Å². The highest BCUT2D eigenvalue weighted by Gasteiger charge is 2.09. The fraction of sp³-hybridized carbons (Fsp3) is 0.273. The maximum Gasteiger partial charge on any atom is 0.253 e. The van der Waals surface area contributed by atoms with Gasteiger partial charge in [0.2, 0.25) is 11.8 Å². The van der Waals surface area contributed by atoms with E-state index in [0.717, 1.165) is 12.3 Å². The van der Waals surface area contributed by atoms with Gasteiger partial charge in [-0.2, -0.15) is 0 Å². The Bertz CT molecular complexity index is 555. The maximum atomic E-state index is 12.9. The zero-order valence-electron chi connectivity index (χ0n) is 9.68. The van der Waals surface area contributed by atoms with Crippen molar-refractivity contribution in [2.24, 2.45) is 0 Å². The summed E-state index contributed by atoms with van der Waals surface area (Å²) in [7, 11) is 0. The molecule has 0 saturated carbocycles. The van der Waals surface area contributed by atoms with Crippen molar-refractivity contribution in [1.29, 1.82) is 0 Å². The Kier molecular flexibility index (Phi) is 3.61. The SMILES string of the molecule is CCc1nnc(CNC(=O)c2cncc(F)c2)o1. The van der Waals surface area contributed by atoms with Gasteiger partial charge < -0.3 is 9.73 Å². The van der Waals surface area contributed by atoms with E-state index in [0.29, 0.717) is 18.2 Å². The van der Waals surface area contributed by atoms with E-state index in [1.165, 1.54) is 6.20 Å². The molecular formula is C11H11FN4O2. The molecule has 0 atom stereocenters. The molecule has 2 rings (SSSR count). The number of aromatic nitrogens is 3. The number of pyridine rings is 1. The molecule has 0 unspecified atom stereocenters. The first-order valence-corrected chi connectivity index (χ1v) is 5.39. The first-order chi connectivity index (χ1) is 8.69. The second-order valence-corrected chi connectivity index (χ2v) is 3.52. The summed E-state index contributed by atoms with van der Waals surface area (Å²) >= 11 is 0. The number of hydrogen-bond acceptors (Lipinski definition) is 5. The topological polar surface area (TPSA) is 80.9 Å². The van der Waals surface area contributed by atoms with Crippen LogP contribution in [-0.2, 0) is 13.0 Å². The molecule has 94 valence electrons. The van der Waals surface area contributed by atoms with Crippen LogP contribution >= 0.6 is 0 Å². The summed E-state index contributed by atoms with van der Waals surface area (Å²) in [4.78, 5) is 15.2. The molecule has 2 aromatic rings. The van der Waals surface area contributed by atoms with Gasteiger partial charge in [0.05, 0.1) is 18.3 Å². The van der Waals surface area contributed by atoms with E-state index in [9.17, 15) is 9.18 Å². The van der Waals surface area contributed by atoms with Gasteiger partial charge in [-0.3, -0.25) is 9.78 Å². The molecule has 0 aromatic carbocycles. The number of carbonyl (C=O) groups excluding carboxylic acids is 1. The van der Waals surface area contributed by atoms with Crippen molar-refractivity contribution in [3.8, 4) is 0 Å². The van der Waals surface area contributed by atoms with Gasteiger partial charge in [0.25, 0.3) is 5.91 Å². The lowest BCUT2D eigenvalue weighted by Crippen LogP contribution is -2.23. The lowest BCUT2D eigenvalue weighted by Gasteiger charge is -2.01. The Balaban J connectivity index is 1.96. The second kappa shape index (κ2) is 5.35. The average molecular weight is 250 g/mol. The van der Waals surface area contributed by atoms with Gasteiger partial charge in [-0.1, -0.05) is 6.92 Å². The predicted molar refractivity (Wildman–Crippen MR) is 59.0 cm³/mol. The first kappa shape index (κ1) is 12.2. The summed E-state index contributed by atoms with van der Waals surface area (Å²) in [6, 6.07) is 1.10. The molecule has 0 bridgehead atoms. The molecule has 7 heteroatoms. The van der Waals surface area contributed by atoms with Crippen LogP contribution < -0.4 is 5.32 Å². The molecule has 1 amide bonds. The smallest absolute Gasteiger partial charge is 0.253 e. The van der Waals surface area contributed by atoms with Crippen LogP contribution in [0, 0.1) is 5.82 Å². The lowest BCUT2D eigenvalue weighted by molar-refractivity contribution is 0.0946. The highest BCUT2D eigenvalue weighted by atomic mass is 19.1. The Hall–Kier alpha value is -2.31. The maximum absolute atomic E-state index is 12.9. The Morgan fingerprint density at radius 2 is 2.17 bits per heavy atom. The van der Waals surface area contributed by atoms with Crippen molar-refractivity contribution >= 4 is 5.91 Å². The van der Waals surface area contributed by atoms with E-state index in [1.807, 2.05) is 6.92 Å². The summed E-state index contributed by atoms with van der Waals surface area (Å²) in [5.41, 5.74) is 0.144. The van der Waals surface area contributed by atoms with Crippen LogP contribution in [0.2, 0.25) is 0 Å². The third-order valence-electron chi connectivity index (χ3n) is 2.18. The van der Waals surface area contributed by atoms with Crippen molar-refractivity contribution in [1.82, 2.24) is 20.5 Å². The number of rotatable bonds is 4. The molecule has 0 radical (unpaired) electrons. The van der Waals surface area contributed by atoms with Crippen LogP contribution in [0.1, 0.15) is 29.1 Å². The number of nitrogens with zero attached hydrogens (tertiary/aromatic N) is 3. The molecule has 0 saturated heterocycles. The minimum absolute atomic E-state index is 0.0996. The lowest BCUT2D eigenvalue weighted by atomic mass is 10.2. The van der Waals surface area contributed by atoms with Gasteiger partial charge in [0, 0.05) is 12.6 Å². The molecular weight excluding hydrogens is 239 g/mol. The molecule has 0 aliphatic heterocycles. The van der Waals surface area contributed by atoms with Gasteiger partial charge >= 0.3 is 0 Å². The van der Waals surface area contributed by atoms with Gasteiger partial charge in [-0.15, -0.1) is 10.2 Å². The first-order valence-electron chi connectivity index (χ1n) is 5.39. The minimum Gasteiger partial charge on any atom is -0.423 e. The Morgan fingerprint density at radius 3 is 2.83 bits per heavy atom. The van der Waals surface area contributed by atoms with Crippen molar-refractivity contribution in [3.63, 3.8) is 0 Å². The van der Waals surface area contributed by atoms with Gasteiger partial charge in [0.15, 0.2) is 0 Å². The van der Waals surface area contributed by atoms with Gasteiger partial charge in [-0.05, 0) is 6.07 Å². The molecule has 1 N–H and O–H groups in total. The number of hydrogen-bond donors (Lipinski definition) is 1. The highest BCUT2D eigenvalue weighted by Crippen LogP contribution is 2.03. The fourth-order valence-corrected chi connectivity index (χ4v) is 1.30. The third-order valence-corrected chi connectivity index (χ3v) is 2.18. The standard InChI is InChI=1S/C11H11FN4O2/c1-2-9-15-16-10(18-9)6-14-11(17)7-3-8(12)5-13-4-7/h3-5H,2,6H2,1H3,(H,14,17). The highest BCUT2D eigenvalue weighted by molar-refractivity contribution is 5.93. The van der Waals surface area contributed by atoms with Crippen LogP contribution in [0.5, 0.6) is 0 Å². The van der Waals surface area contributed by atoms with Crippen molar-refractivity contribution in [3.05, 3.63) is 41.6 Å². The number of halogens is 1. The summed E-state index contributed by atoms with van der Waals surface area (Å²) < 4.78 is 18.1. The van der Waals surface area contributed by atoms with E-state index >= 15 is 0 Å². The fourth-order valence-electron chi connectivity index (χ4n) is 1.30. The van der Waals surface area contributed by atoms with Crippen LogP contribution in [0.15, 0.2) is 22.9 Å². The van der Waals surface area contributed by atoms with Crippen LogP contribution in [-0.4, -0.2) is 21.1 Å². The summed E-state index contributed by atoms with van der Waals surface area (Å²) in [6.45, 7) is 1.98. The minimum atomic E-state index is -0.561. The number of carbonyl (C=O) groups is 1. The zero-order valence-corrected chi connectivity index (χ0v) is 9.68. The molecule has 0 fully saturated rings.